The molecule has 4 rings (SSSR count). The lowest BCUT2D eigenvalue weighted by Gasteiger charge is -2.37. The van der Waals surface area contributed by atoms with E-state index in [0.717, 1.165) is 37.7 Å². The van der Waals surface area contributed by atoms with Crippen molar-refractivity contribution in [1.29, 1.82) is 0 Å². The highest BCUT2D eigenvalue weighted by molar-refractivity contribution is 6.30. The molecule has 30 heavy (non-hydrogen) atoms. The summed E-state index contributed by atoms with van der Waals surface area (Å²) in [6.45, 7) is 5.25. The second-order valence-corrected chi connectivity index (χ2v) is 8.85. The third-order valence-corrected chi connectivity index (χ3v) is 6.66. The van der Waals surface area contributed by atoms with Crippen LogP contribution in [0.1, 0.15) is 49.7 Å². The minimum atomic E-state index is 0.614. The largest absolute Gasteiger partial charge is 0.369 e. The number of nitrogens with zero attached hydrogens (tertiary/aromatic N) is 2. The summed E-state index contributed by atoms with van der Waals surface area (Å²) in [5.74, 6) is 0. The highest BCUT2D eigenvalue weighted by atomic mass is 35.5. The lowest BCUT2D eigenvalue weighted by Crippen LogP contribution is -2.47. The lowest BCUT2D eigenvalue weighted by atomic mass is 9.88. The van der Waals surface area contributed by atoms with E-state index < -0.39 is 0 Å². The normalized spacial score (nSPS) is 21.2. The monoisotopic (exact) mass is 421 g/mol. The number of rotatable bonds is 5. The van der Waals surface area contributed by atoms with Gasteiger partial charge in [-0.05, 0) is 73.2 Å². The Kier molecular flexibility index (Phi) is 7.24. The molecule has 2 aromatic carbocycles. The molecule has 0 N–H and O–H groups in total. The van der Waals surface area contributed by atoms with Gasteiger partial charge in [-0.2, -0.15) is 0 Å². The van der Waals surface area contributed by atoms with E-state index in [9.17, 15) is 4.79 Å². The van der Waals surface area contributed by atoms with Gasteiger partial charge in [-0.15, -0.1) is 0 Å². The standard InChI is InChI=1S/C26H30ClN2O/c27-24-11-9-22(10-12-24)26-6-4-2-1-3-5-23(26)19-28-15-17-29(18-16-28)25-13-7-21(20-30)8-14-25/h7-14H,1-6,15-19H2/b26-23-. The number of carbonyl (C=O) groups excluding carboxylic acids is 1. The van der Waals surface area contributed by atoms with Crippen molar-refractivity contribution in [3.05, 3.63) is 70.3 Å². The average Bonchev–Trinajstić information content (AvgIpc) is 2.77. The zero-order valence-electron chi connectivity index (χ0n) is 17.6. The molecule has 4 heteroatoms. The van der Waals surface area contributed by atoms with E-state index in [4.69, 9.17) is 11.6 Å². The Balaban J connectivity index is 1.45. The van der Waals surface area contributed by atoms with Crippen LogP contribution in [0.15, 0.2) is 54.1 Å². The first-order chi connectivity index (χ1) is 14.7. The van der Waals surface area contributed by atoms with Crippen LogP contribution in [0.2, 0.25) is 5.02 Å². The lowest BCUT2D eigenvalue weighted by molar-refractivity contribution is 0.275. The van der Waals surface area contributed by atoms with Crippen LogP contribution in [0, 0.1) is 0 Å². The van der Waals surface area contributed by atoms with Gasteiger partial charge in [-0.3, -0.25) is 9.69 Å². The molecule has 1 fully saturated rings. The second-order valence-electron chi connectivity index (χ2n) is 8.42. The number of piperazine rings is 1. The van der Waals surface area contributed by atoms with Crippen LogP contribution in [-0.4, -0.2) is 43.9 Å². The van der Waals surface area contributed by atoms with Gasteiger partial charge in [0.15, 0.2) is 0 Å². The topological polar surface area (TPSA) is 23.6 Å². The molecule has 0 atom stereocenters. The molecule has 2 aliphatic rings. The molecule has 0 bridgehead atoms. The Morgan fingerprint density at radius 3 is 2.13 bits per heavy atom. The van der Waals surface area contributed by atoms with Crippen LogP contribution in [0.4, 0.5) is 5.69 Å². The first-order valence-corrected chi connectivity index (χ1v) is 11.5. The van der Waals surface area contributed by atoms with Gasteiger partial charge in [0.2, 0.25) is 6.29 Å². The van der Waals surface area contributed by atoms with E-state index in [0.29, 0.717) is 5.56 Å². The molecule has 3 nitrogen and oxygen atoms in total. The Morgan fingerprint density at radius 2 is 1.47 bits per heavy atom. The first kappa shape index (κ1) is 21.1. The van der Waals surface area contributed by atoms with E-state index in [1.54, 1.807) is 11.1 Å². The van der Waals surface area contributed by atoms with Crippen molar-refractivity contribution >= 4 is 29.1 Å². The summed E-state index contributed by atoms with van der Waals surface area (Å²) in [4.78, 5) is 15.8. The molecule has 1 radical (unpaired) electrons. The minimum absolute atomic E-state index is 0.614. The SMILES string of the molecule is O=[C]c1ccc(N2CCN(C/C3=C(\c4ccc(Cl)cc4)CCCCCC3)CC2)cc1. The molecule has 1 aliphatic heterocycles. The maximum Gasteiger partial charge on any atom is 0.233 e. The van der Waals surface area contributed by atoms with Gasteiger partial charge in [-0.25, -0.2) is 0 Å². The summed E-state index contributed by atoms with van der Waals surface area (Å²) in [5, 5.41) is 0.807. The maximum absolute atomic E-state index is 10.8. The van der Waals surface area contributed by atoms with Gasteiger partial charge >= 0.3 is 0 Å². The zero-order chi connectivity index (χ0) is 20.8. The predicted octanol–water partition coefficient (Wildman–Crippen LogP) is 5.73. The molecule has 0 amide bonds. The third kappa shape index (κ3) is 5.33. The van der Waals surface area contributed by atoms with Crippen molar-refractivity contribution in [2.75, 3.05) is 37.6 Å². The number of hydrogen-bond acceptors (Lipinski definition) is 3. The predicted molar refractivity (Wildman–Crippen MR) is 126 cm³/mol. The molecule has 1 heterocycles. The molecular formula is C26H30ClN2O. The molecule has 0 unspecified atom stereocenters. The van der Waals surface area contributed by atoms with Gasteiger partial charge in [0, 0.05) is 49.0 Å². The smallest absolute Gasteiger partial charge is 0.233 e. The quantitative estimate of drug-likeness (QED) is 0.616. The Morgan fingerprint density at radius 1 is 0.800 bits per heavy atom. The average molecular weight is 422 g/mol. The van der Waals surface area contributed by atoms with Crippen molar-refractivity contribution in [2.45, 2.75) is 38.5 Å². The van der Waals surface area contributed by atoms with Crippen molar-refractivity contribution in [1.82, 2.24) is 4.90 Å². The number of hydrogen-bond donors (Lipinski definition) is 0. The van der Waals surface area contributed by atoms with E-state index in [2.05, 4.69) is 21.9 Å². The van der Waals surface area contributed by atoms with Gasteiger partial charge in [0.05, 0.1) is 0 Å². The van der Waals surface area contributed by atoms with Crippen LogP contribution >= 0.6 is 11.6 Å². The van der Waals surface area contributed by atoms with Crippen molar-refractivity contribution in [3.63, 3.8) is 0 Å². The molecule has 1 aliphatic carbocycles. The van der Waals surface area contributed by atoms with E-state index in [1.165, 1.54) is 49.8 Å². The summed E-state index contributed by atoms with van der Waals surface area (Å²) in [7, 11) is 0. The highest BCUT2D eigenvalue weighted by Gasteiger charge is 2.20. The Bertz CT molecular complexity index is 865. The fourth-order valence-electron chi connectivity index (χ4n) is 4.67. The van der Waals surface area contributed by atoms with Crippen LogP contribution in [0.25, 0.3) is 5.57 Å². The second kappa shape index (κ2) is 10.3. The van der Waals surface area contributed by atoms with Gasteiger partial charge in [0.25, 0.3) is 0 Å². The molecule has 2 aromatic rings. The summed E-state index contributed by atoms with van der Waals surface area (Å²) >= 11 is 6.13. The van der Waals surface area contributed by atoms with Crippen LogP contribution in [-0.2, 0) is 4.79 Å². The number of halogens is 1. The van der Waals surface area contributed by atoms with Crippen LogP contribution in [0.3, 0.4) is 0 Å². The third-order valence-electron chi connectivity index (χ3n) is 6.41. The number of allylic oxidation sites excluding steroid dienone is 1. The summed E-state index contributed by atoms with van der Waals surface area (Å²) in [5.41, 5.74) is 6.33. The van der Waals surface area contributed by atoms with E-state index >= 15 is 0 Å². The molecule has 0 saturated carbocycles. The molecule has 0 aromatic heterocycles. The van der Waals surface area contributed by atoms with Gasteiger partial charge in [-0.1, -0.05) is 42.1 Å². The van der Waals surface area contributed by atoms with Crippen molar-refractivity contribution in [3.8, 4) is 0 Å². The van der Waals surface area contributed by atoms with Crippen LogP contribution in [0.5, 0.6) is 0 Å². The molecule has 157 valence electrons. The molecular weight excluding hydrogens is 392 g/mol. The number of benzene rings is 2. The van der Waals surface area contributed by atoms with Gasteiger partial charge in [0.1, 0.15) is 0 Å². The summed E-state index contributed by atoms with van der Waals surface area (Å²) < 4.78 is 0. The number of anilines is 1. The fourth-order valence-corrected chi connectivity index (χ4v) is 4.80. The Labute approximate surface area is 185 Å². The molecule has 0 spiro atoms. The first-order valence-electron chi connectivity index (χ1n) is 11.2. The van der Waals surface area contributed by atoms with Crippen LogP contribution < -0.4 is 4.90 Å². The van der Waals surface area contributed by atoms with Gasteiger partial charge < -0.3 is 4.90 Å². The summed E-state index contributed by atoms with van der Waals surface area (Å²) in [6.07, 6.45) is 9.60. The van der Waals surface area contributed by atoms with Crippen molar-refractivity contribution < 1.29 is 4.79 Å². The Hall–Kier alpha value is -2.10. The summed E-state index contributed by atoms with van der Waals surface area (Å²) in [6, 6.07) is 16.2. The van der Waals surface area contributed by atoms with E-state index in [1.807, 2.05) is 42.7 Å². The molecule has 1 saturated heterocycles. The maximum atomic E-state index is 10.8. The van der Waals surface area contributed by atoms with E-state index in [-0.39, 0.29) is 0 Å². The fraction of sp³-hybridized carbons (Fsp3) is 0.423. The zero-order valence-corrected chi connectivity index (χ0v) is 18.3. The highest BCUT2D eigenvalue weighted by Crippen LogP contribution is 2.32. The van der Waals surface area contributed by atoms with Crippen molar-refractivity contribution in [2.24, 2.45) is 0 Å². The minimum Gasteiger partial charge on any atom is -0.369 e.